The van der Waals surface area contributed by atoms with Gasteiger partial charge >= 0.3 is 5.97 Å². The Morgan fingerprint density at radius 3 is 2.45 bits per heavy atom. The summed E-state index contributed by atoms with van der Waals surface area (Å²) in [6.45, 7) is 3.53. The van der Waals surface area contributed by atoms with Gasteiger partial charge < -0.3 is 5.11 Å². The van der Waals surface area contributed by atoms with Crippen LogP contribution in [0.2, 0.25) is 0 Å². The molecule has 0 saturated carbocycles. The molecule has 1 N–H and O–H groups in total. The molecule has 1 amide bonds. The molecule has 1 fully saturated rings. The highest BCUT2D eigenvalue weighted by Crippen LogP contribution is 2.35. The fraction of sp³-hybridized carbons (Fsp3) is 0.267. The van der Waals surface area contributed by atoms with Crippen molar-refractivity contribution >= 4 is 59.6 Å². The standard InChI is InChI=1S/C15H16BNO3S2/c1-8(2)12(14(19)20)17-13(18)11(22-15(17)21)7-9-3-5-10(16)6-4-9/h3-8,12H,16H2,1-2H3,(H,19,20)/b11-7-. The van der Waals surface area contributed by atoms with Gasteiger partial charge in [0, 0.05) is 0 Å². The number of amides is 1. The third-order valence-corrected chi connectivity index (χ3v) is 4.69. The number of carbonyl (C=O) groups excluding carboxylic acids is 1. The molecule has 0 radical (unpaired) electrons. The molecular weight excluding hydrogens is 317 g/mol. The third-order valence-electron chi connectivity index (χ3n) is 3.36. The van der Waals surface area contributed by atoms with Crippen molar-refractivity contribution in [2.45, 2.75) is 19.9 Å². The highest BCUT2D eigenvalue weighted by molar-refractivity contribution is 8.26. The summed E-state index contributed by atoms with van der Waals surface area (Å²) in [5, 5.41) is 9.36. The molecule has 1 saturated heterocycles. The van der Waals surface area contributed by atoms with E-state index in [1.807, 2.05) is 32.1 Å². The van der Waals surface area contributed by atoms with Crippen LogP contribution in [-0.2, 0) is 9.59 Å². The lowest BCUT2D eigenvalue weighted by Crippen LogP contribution is -2.47. The molecule has 2 rings (SSSR count). The van der Waals surface area contributed by atoms with Crippen molar-refractivity contribution in [3.8, 4) is 0 Å². The minimum Gasteiger partial charge on any atom is -0.480 e. The predicted molar refractivity (Wildman–Crippen MR) is 95.9 cm³/mol. The van der Waals surface area contributed by atoms with Crippen LogP contribution in [0, 0.1) is 5.92 Å². The number of hydrogen-bond donors (Lipinski definition) is 1. The van der Waals surface area contributed by atoms with E-state index in [0.717, 1.165) is 22.8 Å². The SMILES string of the molecule is Bc1ccc(/C=C2\SC(=S)N(C(C(=O)O)C(C)C)C2=O)cc1. The fourth-order valence-electron chi connectivity index (χ4n) is 2.23. The van der Waals surface area contributed by atoms with Crippen molar-refractivity contribution in [2.24, 2.45) is 5.92 Å². The highest BCUT2D eigenvalue weighted by atomic mass is 32.2. The molecule has 1 unspecified atom stereocenters. The summed E-state index contributed by atoms with van der Waals surface area (Å²) in [7, 11) is 1.99. The minimum absolute atomic E-state index is 0.223. The second-order valence-corrected chi connectivity index (χ2v) is 7.17. The predicted octanol–water partition coefficient (Wildman–Crippen LogP) is 1.26. The summed E-state index contributed by atoms with van der Waals surface area (Å²) >= 11 is 6.36. The largest absolute Gasteiger partial charge is 0.480 e. The molecule has 7 heteroatoms. The molecule has 1 aliphatic heterocycles. The number of carboxylic acids is 1. The smallest absolute Gasteiger partial charge is 0.327 e. The molecule has 0 aliphatic carbocycles. The first-order valence-corrected chi connectivity index (χ1v) is 8.10. The maximum absolute atomic E-state index is 12.5. The summed E-state index contributed by atoms with van der Waals surface area (Å²) in [5.41, 5.74) is 2.03. The third kappa shape index (κ3) is 3.42. The monoisotopic (exact) mass is 333 g/mol. The summed E-state index contributed by atoms with van der Waals surface area (Å²) in [4.78, 5) is 25.6. The van der Waals surface area contributed by atoms with Gasteiger partial charge in [0.1, 0.15) is 18.2 Å². The Kier molecular flexibility index (Phi) is 5.08. The number of carbonyl (C=O) groups is 2. The van der Waals surface area contributed by atoms with E-state index in [1.165, 1.54) is 4.90 Å². The van der Waals surface area contributed by atoms with Gasteiger partial charge in [0.05, 0.1) is 4.91 Å². The van der Waals surface area contributed by atoms with Crippen molar-refractivity contribution in [3.63, 3.8) is 0 Å². The van der Waals surface area contributed by atoms with E-state index < -0.39 is 12.0 Å². The first-order chi connectivity index (χ1) is 10.3. The topological polar surface area (TPSA) is 57.6 Å². The van der Waals surface area contributed by atoms with Gasteiger partial charge in [0.15, 0.2) is 0 Å². The first kappa shape index (κ1) is 16.8. The van der Waals surface area contributed by atoms with Gasteiger partial charge in [-0.15, -0.1) is 0 Å². The van der Waals surface area contributed by atoms with E-state index in [9.17, 15) is 14.7 Å². The number of carboxylic acid groups (broad SMARTS) is 1. The number of benzene rings is 1. The van der Waals surface area contributed by atoms with Gasteiger partial charge in [-0.2, -0.15) is 0 Å². The van der Waals surface area contributed by atoms with Crippen molar-refractivity contribution < 1.29 is 14.7 Å². The van der Waals surface area contributed by atoms with E-state index in [4.69, 9.17) is 12.2 Å². The van der Waals surface area contributed by atoms with E-state index in [0.29, 0.717) is 9.23 Å². The Morgan fingerprint density at radius 1 is 1.36 bits per heavy atom. The molecule has 0 aromatic heterocycles. The lowest BCUT2D eigenvalue weighted by molar-refractivity contribution is -0.146. The Labute approximate surface area is 140 Å². The molecule has 1 aromatic rings. The molecule has 0 spiro atoms. The number of rotatable bonds is 4. The van der Waals surface area contributed by atoms with Crippen molar-refractivity contribution in [1.82, 2.24) is 4.90 Å². The zero-order chi connectivity index (χ0) is 16.4. The quantitative estimate of drug-likeness (QED) is 0.511. The molecule has 1 heterocycles. The van der Waals surface area contributed by atoms with Crippen molar-refractivity contribution in [2.75, 3.05) is 0 Å². The number of thiocarbonyl (C=S) groups is 1. The zero-order valence-electron chi connectivity index (χ0n) is 12.6. The molecule has 1 aliphatic rings. The summed E-state index contributed by atoms with van der Waals surface area (Å²) < 4.78 is 0.296. The molecule has 4 nitrogen and oxygen atoms in total. The number of aliphatic carboxylic acids is 1. The number of hydrogen-bond acceptors (Lipinski definition) is 4. The van der Waals surface area contributed by atoms with Gasteiger partial charge in [-0.25, -0.2) is 4.79 Å². The summed E-state index contributed by atoms with van der Waals surface area (Å²) in [6.07, 6.45) is 1.75. The highest BCUT2D eigenvalue weighted by Gasteiger charge is 2.41. The lowest BCUT2D eigenvalue weighted by atomic mass is 9.95. The first-order valence-electron chi connectivity index (χ1n) is 6.88. The fourth-order valence-corrected chi connectivity index (χ4v) is 3.56. The Bertz CT molecular complexity index is 655. The van der Waals surface area contributed by atoms with Crippen LogP contribution >= 0.6 is 24.0 Å². The van der Waals surface area contributed by atoms with Gasteiger partial charge in [0.25, 0.3) is 5.91 Å². The molecule has 22 heavy (non-hydrogen) atoms. The van der Waals surface area contributed by atoms with Crippen LogP contribution in [-0.4, -0.2) is 40.1 Å². The van der Waals surface area contributed by atoms with Gasteiger partial charge in [-0.05, 0) is 17.6 Å². The van der Waals surface area contributed by atoms with Crippen LogP contribution in [0.5, 0.6) is 0 Å². The summed E-state index contributed by atoms with van der Waals surface area (Å²) in [5.74, 6) is -1.60. The van der Waals surface area contributed by atoms with E-state index in [-0.39, 0.29) is 11.8 Å². The molecular formula is C15H16BNO3S2. The average molecular weight is 333 g/mol. The minimum atomic E-state index is -1.04. The molecule has 0 bridgehead atoms. The molecule has 114 valence electrons. The average Bonchev–Trinajstić information content (AvgIpc) is 2.69. The van der Waals surface area contributed by atoms with Crippen LogP contribution in [0.3, 0.4) is 0 Å². The van der Waals surface area contributed by atoms with Crippen molar-refractivity contribution in [3.05, 3.63) is 34.7 Å². The van der Waals surface area contributed by atoms with Crippen LogP contribution in [0.1, 0.15) is 19.4 Å². The van der Waals surface area contributed by atoms with Crippen LogP contribution in [0.25, 0.3) is 6.08 Å². The van der Waals surface area contributed by atoms with Crippen LogP contribution in [0.4, 0.5) is 0 Å². The Morgan fingerprint density at radius 2 is 1.95 bits per heavy atom. The van der Waals surface area contributed by atoms with Crippen molar-refractivity contribution in [1.29, 1.82) is 0 Å². The van der Waals surface area contributed by atoms with E-state index >= 15 is 0 Å². The molecule has 1 aromatic carbocycles. The second-order valence-electron chi connectivity index (χ2n) is 5.49. The maximum atomic E-state index is 12.5. The van der Waals surface area contributed by atoms with E-state index in [2.05, 4.69) is 0 Å². The second kappa shape index (κ2) is 6.66. The molecule has 1 atom stereocenters. The Hall–Kier alpha value is -1.60. The summed E-state index contributed by atoms with van der Waals surface area (Å²) in [6, 6.07) is 6.82. The lowest BCUT2D eigenvalue weighted by Gasteiger charge is -2.26. The zero-order valence-corrected chi connectivity index (χ0v) is 14.2. The normalized spacial score (nSPS) is 18.3. The Balaban J connectivity index is 2.32. The number of nitrogens with zero attached hydrogens (tertiary/aromatic N) is 1. The maximum Gasteiger partial charge on any atom is 0.327 e. The van der Waals surface area contributed by atoms with Gasteiger partial charge in [-0.3, -0.25) is 9.69 Å². The van der Waals surface area contributed by atoms with E-state index in [1.54, 1.807) is 19.9 Å². The van der Waals surface area contributed by atoms with Crippen LogP contribution in [0.15, 0.2) is 29.2 Å². The van der Waals surface area contributed by atoms with Gasteiger partial charge in [-0.1, -0.05) is 67.6 Å². The van der Waals surface area contributed by atoms with Gasteiger partial charge in [0.2, 0.25) is 0 Å². The number of thioether (sulfide) groups is 1. The van der Waals surface area contributed by atoms with Crippen LogP contribution < -0.4 is 5.46 Å².